The molecule has 122 valence electrons. The van der Waals surface area contributed by atoms with Crippen LogP contribution in [0.5, 0.6) is 0 Å². The van der Waals surface area contributed by atoms with Crippen molar-refractivity contribution in [2.75, 3.05) is 6.61 Å². The van der Waals surface area contributed by atoms with Crippen LogP contribution in [-0.4, -0.2) is 36.2 Å². The number of carbonyl (C=O) groups is 2. The highest BCUT2D eigenvalue weighted by atomic mass is 19.3. The van der Waals surface area contributed by atoms with Crippen LogP contribution >= 0.6 is 0 Å². The minimum Gasteiger partial charge on any atom is -0.466 e. The van der Waals surface area contributed by atoms with E-state index in [1.807, 2.05) is 0 Å². The average molecular weight is 307 g/mol. The smallest absolute Gasteiger partial charge is 0.407 e. The van der Waals surface area contributed by atoms with Gasteiger partial charge in [-0.25, -0.2) is 13.6 Å². The van der Waals surface area contributed by atoms with E-state index in [2.05, 4.69) is 5.32 Å². The first kappa shape index (κ1) is 17.7. The van der Waals surface area contributed by atoms with Crippen molar-refractivity contribution in [2.24, 2.45) is 5.92 Å². The van der Waals surface area contributed by atoms with Gasteiger partial charge in [0.25, 0.3) is 0 Å². The van der Waals surface area contributed by atoms with Crippen molar-refractivity contribution in [3.05, 3.63) is 0 Å². The Morgan fingerprint density at radius 3 is 2.48 bits per heavy atom. The van der Waals surface area contributed by atoms with Crippen molar-refractivity contribution in [2.45, 2.75) is 64.5 Å². The van der Waals surface area contributed by atoms with E-state index >= 15 is 0 Å². The molecule has 1 N–H and O–H groups in total. The highest BCUT2D eigenvalue weighted by Crippen LogP contribution is 2.37. The Labute approximate surface area is 123 Å². The van der Waals surface area contributed by atoms with Crippen LogP contribution in [0.15, 0.2) is 0 Å². The van der Waals surface area contributed by atoms with Gasteiger partial charge in [-0.1, -0.05) is 0 Å². The number of ether oxygens (including phenoxy) is 2. The summed E-state index contributed by atoms with van der Waals surface area (Å²) in [6.07, 6.45) is -1.70. The lowest BCUT2D eigenvalue weighted by Crippen LogP contribution is -2.50. The van der Waals surface area contributed by atoms with Gasteiger partial charge >= 0.3 is 12.1 Å². The van der Waals surface area contributed by atoms with Gasteiger partial charge in [-0.3, -0.25) is 4.79 Å². The van der Waals surface area contributed by atoms with Gasteiger partial charge < -0.3 is 14.8 Å². The fourth-order valence-corrected chi connectivity index (χ4v) is 2.26. The Morgan fingerprint density at radius 1 is 1.33 bits per heavy atom. The van der Waals surface area contributed by atoms with Crippen molar-refractivity contribution in [3.63, 3.8) is 0 Å². The molecular formula is C14H23F2NO4. The first-order chi connectivity index (χ1) is 9.54. The van der Waals surface area contributed by atoms with E-state index in [1.165, 1.54) is 0 Å². The van der Waals surface area contributed by atoms with Gasteiger partial charge in [-0.15, -0.1) is 0 Å². The molecule has 0 saturated heterocycles. The molecule has 21 heavy (non-hydrogen) atoms. The molecule has 1 rings (SSSR count). The van der Waals surface area contributed by atoms with Gasteiger partial charge in [-0.05, 0) is 34.1 Å². The summed E-state index contributed by atoms with van der Waals surface area (Å²) in [7, 11) is 0. The molecule has 2 atom stereocenters. The molecule has 1 fully saturated rings. The van der Waals surface area contributed by atoms with E-state index in [1.54, 1.807) is 27.7 Å². The third-order valence-electron chi connectivity index (χ3n) is 3.12. The molecular weight excluding hydrogens is 284 g/mol. The molecule has 5 nitrogen and oxygen atoms in total. The van der Waals surface area contributed by atoms with Gasteiger partial charge in [0, 0.05) is 18.9 Å². The van der Waals surface area contributed by atoms with E-state index in [4.69, 9.17) is 9.47 Å². The van der Waals surface area contributed by atoms with E-state index in [9.17, 15) is 18.4 Å². The minimum absolute atomic E-state index is 0.00965. The predicted molar refractivity (Wildman–Crippen MR) is 72.1 cm³/mol. The van der Waals surface area contributed by atoms with E-state index < -0.39 is 42.0 Å². The van der Waals surface area contributed by atoms with Crippen molar-refractivity contribution >= 4 is 12.1 Å². The minimum atomic E-state index is -2.91. The number of amides is 1. The van der Waals surface area contributed by atoms with E-state index in [0.29, 0.717) is 0 Å². The van der Waals surface area contributed by atoms with Crippen LogP contribution in [0.3, 0.4) is 0 Å². The van der Waals surface area contributed by atoms with Gasteiger partial charge in [0.1, 0.15) is 5.60 Å². The van der Waals surface area contributed by atoms with Crippen molar-refractivity contribution in [1.82, 2.24) is 5.32 Å². The molecule has 1 saturated carbocycles. The first-order valence-electron chi connectivity index (χ1n) is 7.08. The number of nitrogens with one attached hydrogen (secondary N) is 1. The highest BCUT2D eigenvalue weighted by Gasteiger charge is 2.46. The van der Waals surface area contributed by atoms with Crippen LogP contribution in [0.1, 0.15) is 47.0 Å². The number of halogens is 2. The molecule has 0 aliphatic heterocycles. The molecule has 0 aromatic heterocycles. The largest absolute Gasteiger partial charge is 0.466 e. The van der Waals surface area contributed by atoms with Gasteiger partial charge in [-0.2, -0.15) is 0 Å². The summed E-state index contributed by atoms with van der Waals surface area (Å²) in [6.45, 7) is 6.81. The standard InChI is InChI=1S/C14H23F2NO4/c1-5-20-11(18)9-8-14(15,16)7-6-10(9)17-12(19)21-13(2,3)4/h9-10H,5-8H2,1-4H3,(H,17,19)/t9-,10+/m1/s1. The molecule has 0 unspecified atom stereocenters. The maximum Gasteiger partial charge on any atom is 0.407 e. The third kappa shape index (κ3) is 5.85. The van der Waals surface area contributed by atoms with Gasteiger partial charge in [0.15, 0.2) is 0 Å². The monoisotopic (exact) mass is 307 g/mol. The zero-order valence-electron chi connectivity index (χ0n) is 12.9. The van der Waals surface area contributed by atoms with E-state index in [0.717, 1.165) is 0 Å². The zero-order valence-corrected chi connectivity index (χ0v) is 12.9. The molecule has 0 spiro atoms. The van der Waals surface area contributed by atoms with Crippen LogP contribution in [-0.2, 0) is 14.3 Å². The summed E-state index contributed by atoms with van der Waals surface area (Å²) < 4.78 is 36.9. The average Bonchev–Trinajstić information content (AvgIpc) is 2.29. The molecule has 0 bridgehead atoms. The van der Waals surface area contributed by atoms with E-state index in [-0.39, 0.29) is 19.4 Å². The summed E-state index contributed by atoms with van der Waals surface area (Å²) >= 11 is 0. The predicted octanol–water partition coefficient (Wildman–Crippen LogP) is 2.88. The molecule has 1 amide bonds. The zero-order chi connectivity index (χ0) is 16.3. The third-order valence-corrected chi connectivity index (χ3v) is 3.12. The quantitative estimate of drug-likeness (QED) is 0.814. The fraction of sp³-hybridized carbons (Fsp3) is 0.857. The fourth-order valence-electron chi connectivity index (χ4n) is 2.26. The molecule has 0 heterocycles. The normalized spacial score (nSPS) is 25.0. The van der Waals surface area contributed by atoms with Crippen LogP contribution in [0, 0.1) is 5.92 Å². The number of alkyl carbamates (subject to hydrolysis) is 1. The lowest BCUT2D eigenvalue weighted by atomic mass is 9.82. The van der Waals surface area contributed by atoms with Gasteiger partial charge in [0.2, 0.25) is 5.92 Å². The number of hydrogen-bond donors (Lipinski definition) is 1. The van der Waals surface area contributed by atoms with Crippen molar-refractivity contribution in [1.29, 1.82) is 0 Å². The topological polar surface area (TPSA) is 64.6 Å². The second-order valence-electron chi connectivity index (χ2n) is 6.21. The van der Waals surface area contributed by atoms with Crippen LogP contribution < -0.4 is 5.32 Å². The molecule has 0 aromatic carbocycles. The van der Waals surface area contributed by atoms with Crippen molar-refractivity contribution < 1.29 is 27.8 Å². The second-order valence-corrected chi connectivity index (χ2v) is 6.21. The maximum absolute atomic E-state index is 13.5. The summed E-state index contributed by atoms with van der Waals surface area (Å²) in [5, 5.41) is 2.51. The second kappa shape index (κ2) is 6.58. The Balaban J connectivity index is 2.73. The number of esters is 1. The number of hydrogen-bond acceptors (Lipinski definition) is 4. The highest BCUT2D eigenvalue weighted by molar-refractivity contribution is 5.75. The van der Waals surface area contributed by atoms with Crippen LogP contribution in [0.4, 0.5) is 13.6 Å². The first-order valence-corrected chi connectivity index (χ1v) is 7.08. The number of alkyl halides is 2. The van der Waals surface area contributed by atoms with Gasteiger partial charge in [0.05, 0.1) is 12.5 Å². The molecule has 0 aromatic rings. The molecule has 1 aliphatic rings. The lowest BCUT2D eigenvalue weighted by molar-refractivity contribution is -0.156. The summed E-state index contributed by atoms with van der Waals surface area (Å²) in [5.41, 5.74) is -0.692. The molecule has 1 aliphatic carbocycles. The van der Waals surface area contributed by atoms with Crippen molar-refractivity contribution in [3.8, 4) is 0 Å². The van der Waals surface area contributed by atoms with Crippen LogP contribution in [0.2, 0.25) is 0 Å². The SMILES string of the molecule is CCOC(=O)[C@@H]1CC(F)(F)CC[C@@H]1NC(=O)OC(C)(C)C. The number of rotatable bonds is 3. The number of carbonyl (C=O) groups excluding carboxylic acids is 2. The lowest BCUT2D eigenvalue weighted by Gasteiger charge is -2.35. The Bertz CT molecular complexity index is 393. The summed E-state index contributed by atoms with van der Waals surface area (Å²) in [4.78, 5) is 23.6. The summed E-state index contributed by atoms with van der Waals surface area (Å²) in [5.74, 6) is -4.68. The Kier molecular flexibility index (Phi) is 5.53. The molecule has 0 radical (unpaired) electrons. The van der Waals surface area contributed by atoms with Crippen LogP contribution in [0.25, 0.3) is 0 Å². The summed E-state index contributed by atoms with van der Waals surface area (Å²) in [6, 6.07) is -0.696. The Hall–Kier alpha value is -1.40. The molecule has 7 heteroatoms. The maximum atomic E-state index is 13.5. The Morgan fingerprint density at radius 2 is 1.95 bits per heavy atom.